The lowest BCUT2D eigenvalue weighted by atomic mass is 10.1. The summed E-state index contributed by atoms with van der Waals surface area (Å²) < 4.78 is 0.809. The molecule has 0 radical (unpaired) electrons. The highest BCUT2D eigenvalue weighted by atomic mass is 16.4. The molecule has 1 aromatic carbocycles. The van der Waals surface area contributed by atoms with Crippen LogP contribution in [0.25, 0.3) is 0 Å². The fraction of sp³-hybridized carbons (Fsp3) is 0.500. The number of quaternary nitrogens is 1. The third-order valence-electron chi connectivity index (χ3n) is 3.25. The Balaban J connectivity index is 2.37. The molecule has 4 heteroatoms. The van der Waals surface area contributed by atoms with Gasteiger partial charge in [-0.1, -0.05) is 18.2 Å². The average molecular weight is 251 g/mol. The minimum atomic E-state index is -0.910. The molecule has 0 heterocycles. The molecule has 0 saturated carbocycles. The highest BCUT2D eigenvalue weighted by Crippen LogP contribution is 2.19. The van der Waals surface area contributed by atoms with E-state index in [2.05, 4.69) is 26.2 Å². The van der Waals surface area contributed by atoms with E-state index in [1.807, 2.05) is 18.2 Å². The van der Waals surface area contributed by atoms with Crippen LogP contribution in [0.1, 0.15) is 19.3 Å². The minimum absolute atomic E-state index is 0.546. The largest absolute Gasteiger partial charge is 0.480 e. The Labute approximate surface area is 109 Å². The quantitative estimate of drug-likeness (QED) is 0.574. The molecular formula is C14H23N2O2+. The molecule has 0 amide bonds. The van der Waals surface area contributed by atoms with Crippen LogP contribution in [0.15, 0.2) is 30.3 Å². The van der Waals surface area contributed by atoms with Crippen molar-refractivity contribution in [2.24, 2.45) is 5.73 Å². The van der Waals surface area contributed by atoms with Crippen molar-refractivity contribution in [3.8, 4) is 0 Å². The van der Waals surface area contributed by atoms with Gasteiger partial charge in [-0.3, -0.25) is 9.28 Å². The van der Waals surface area contributed by atoms with Gasteiger partial charge in [-0.05, 0) is 31.4 Å². The topological polar surface area (TPSA) is 63.3 Å². The molecule has 0 aliphatic heterocycles. The van der Waals surface area contributed by atoms with E-state index < -0.39 is 12.0 Å². The number of carbonyl (C=O) groups is 1. The predicted octanol–water partition coefficient (Wildman–Crippen LogP) is 1.84. The zero-order chi connectivity index (χ0) is 13.6. The van der Waals surface area contributed by atoms with Crippen molar-refractivity contribution in [2.75, 3.05) is 20.6 Å². The lowest BCUT2D eigenvalue weighted by Gasteiger charge is -2.29. The molecule has 100 valence electrons. The Morgan fingerprint density at radius 1 is 1.28 bits per heavy atom. The fourth-order valence-electron chi connectivity index (χ4n) is 1.96. The zero-order valence-electron chi connectivity index (χ0n) is 11.2. The van der Waals surface area contributed by atoms with Crippen LogP contribution in [0.2, 0.25) is 0 Å². The summed E-state index contributed by atoms with van der Waals surface area (Å²) in [6.07, 6.45) is 2.37. The predicted molar refractivity (Wildman–Crippen MR) is 74.4 cm³/mol. The first-order chi connectivity index (χ1) is 8.43. The van der Waals surface area contributed by atoms with Gasteiger partial charge in [0.1, 0.15) is 11.7 Å². The number of para-hydroxylation sites is 1. The second kappa shape index (κ2) is 6.52. The zero-order valence-corrected chi connectivity index (χ0v) is 11.2. The van der Waals surface area contributed by atoms with E-state index in [9.17, 15) is 4.79 Å². The van der Waals surface area contributed by atoms with E-state index in [1.54, 1.807) is 0 Å². The van der Waals surface area contributed by atoms with Gasteiger partial charge in [0.25, 0.3) is 0 Å². The molecular weight excluding hydrogens is 228 g/mol. The molecule has 0 aromatic heterocycles. The molecule has 1 unspecified atom stereocenters. The summed E-state index contributed by atoms with van der Waals surface area (Å²) in [5.41, 5.74) is 6.74. The molecule has 0 aliphatic carbocycles. The first kappa shape index (κ1) is 14.7. The molecule has 4 nitrogen and oxygen atoms in total. The molecule has 1 rings (SSSR count). The first-order valence-electron chi connectivity index (χ1n) is 6.30. The molecule has 0 fully saturated rings. The highest BCUT2D eigenvalue weighted by Gasteiger charge is 2.18. The number of unbranched alkanes of at least 4 members (excludes halogenated alkanes) is 1. The van der Waals surface area contributed by atoms with E-state index in [-0.39, 0.29) is 0 Å². The Bertz CT molecular complexity index is 377. The maximum absolute atomic E-state index is 10.6. The molecule has 0 saturated heterocycles. The Kier molecular flexibility index (Phi) is 5.31. The van der Waals surface area contributed by atoms with E-state index in [4.69, 9.17) is 10.8 Å². The van der Waals surface area contributed by atoms with Crippen LogP contribution in [0, 0.1) is 0 Å². The van der Waals surface area contributed by atoms with Crippen molar-refractivity contribution in [3.63, 3.8) is 0 Å². The monoisotopic (exact) mass is 251 g/mol. The number of nitrogens with two attached hydrogens (primary N) is 1. The average Bonchev–Trinajstić information content (AvgIpc) is 2.35. The van der Waals surface area contributed by atoms with Crippen LogP contribution < -0.4 is 10.2 Å². The summed E-state index contributed by atoms with van der Waals surface area (Å²) in [5, 5.41) is 8.69. The van der Waals surface area contributed by atoms with Crippen molar-refractivity contribution in [1.29, 1.82) is 0 Å². The maximum Gasteiger partial charge on any atom is 0.320 e. The second-order valence-corrected chi connectivity index (χ2v) is 5.18. The third-order valence-corrected chi connectivity index (χ3v) is 3.25. The van der Waals surface area contributed by atoms with E-state index in [1.165, 1.54) is 5.69 Å². The number of hydrogen-bond donors (Lipinski definition) is 2. The van der Waals surface area contributed by atoms with Crippen LogP contribution in [-0.2, 0) is 4.79 Å². The highest BCUT2D eigenvalue weighted by molar-refractivity contribution is 5.72. The van der Waals surface area contributed by atoms with Gasteiger partial charge >= 0.3 is 5.97 Å². The van der Waals surface area contributed by atoms with Crippen molar-refractivity contribution < 1.29 is 9.90 Å². The van der Waals surface area contributed by atoms with E-state index in [0.717, 1.165) is 23.9 Å². The normalized spacial score (nSPS) is 13.3. The fourth-order valence-corrected chi connectivity index (χ4v) is 1.96. The Morgan fingerprint density at radius 2 is 1.89 bits per heavy atom. The summed E-state index contributed by atoms with van der Waals surface area (Å²) in [5.74, 6) is -0.910. The first-order valence-corrected chi connectivity index (χ1v) is 6.30. The number of benzene rings is 1. The maximum atomic E-state index is 10.6. The molecule has 18 heavy (non-hydrogen) atoms. The number of hydrogen-bond acceptors (Lipinski definition) is 2. The molecule has 1 aromatic rings. The molecule has 0 aliphatic rings. The number of nitrogens with zero attached hydrogens (tertiary/aromatic N) is 1. The van der Waals surface area contributed by atoms with Crippen LogP contribution in [0.3, 0.4) is 0 Å². The number of rotatable bonds is 7. The van der Waals surface area contributed by atoms with Gasteiger partial charge in [-0.25, -0.2) is 0 Å². The van der Waals surface area contributed by atoms with Crippen LogP contribution >= 0.6 is 0 Å². The second-order valence-electron chi connectivity index (χ2n) is 5.18. The smallest absolute Gasteiger partial charge is 0.320 e. The summed E-state index contributed by atoms with van der Waals surface area (Å²) in [6, 6.07) is 9.59. The van der Waals surface area contributed by atoms with E-state index in [0.29, 0.717) is 6.42 Å². The van der Waals surface area contributed by atoms with Crippen LogP contribution in [0.5, 0.6) is 0 Å². The molecule has 3 N–H and O–H groups in total. The number of carboxylic acids is 1. The summed E-state index contributed by atoms with van der Waals surface area (Å²) >= 11 is 0. The van der Waals surface area contributed by atoms with Gasteiger partial charge < -0.3 is 10.8 Å². The standard InChI is InChI=1S/C14H22N2O2/c1-16(2,12-8-4-3-5-9-12)11-7-6-10-13(15)14(17)18/h3-5,8-9,13H,6-7,10-11,15H2,1-2H3/p+1. The van der Waals surface area contributed by atoms with Gasteiger partial charge in [0.05, 0.1) is 20.6 Å². The van der Waals surface area contributed by atoms with Gasteiger partial charge in [0, 0.05) is 0 Å². The minimum Gasteiger partial charge on any atom is -0.480 e. The van der Waals surface area contributed by atoms with Gasteiger partial charge in [0.15, 0.2) is 0 Å². The lowest BCUT2D eigenvalue weighted by Crippen LogP contribution is -2.41. The SMILES string of the molecule is C[N+](C)(CCCCC(N)C(=O)O)c1ccccc1. The summed E-state index contributed by atoms with van der Waals surface area (Å²) in [6.45, 7) is 0.982. The van der Waals surface area contributed by atoms with Crippen LogP contribution in [0.4, 0.5) is 5.69 Å². The van der Waals surface area contributed by atoms with Crippen molar-refractivity contribution in [1.82, 2.24) is 4.48 Å². The summed E-state index contributed by atoms with van der Waals surface area (Å²) in [4.78, 5) is 10.6. The summed E-state index contributed by atoms with van der Waals surface area (Å²) in [7, 11) is 4.32. The van der Waals surface area contributed by atoms with Crippen molar-refractivity contribution in [3.05, 3.63) is 30.3 Å². The Hall–Kier alpha value is -1.39. The number of carboxylic acid groups (broad SMARTS) is 1. The van der Waals surface area contributed by atoms with Crippen LogP contribution in [-0.4, -0.2) is 37.8 Å². The van der Waals surface area contributed by atoms with Crippen molar-refractivity contribution >= 4 is 11.7 Å². The van der Waals surface area contributed by atoms with Gasteiger partial charge in [0.2, 0.25) is 0 Å². The van der Waals surface area contributed by atoms with Gasteiger partial charge in [-0.2, -0.15) is 0 Å². The Morgan fingerprint density at radius 3 is 2.44 bits per heavy atom. The third kappa shape index (κ3) is 4.47. The number of aliphatic carboxylic acids is 1. The molecule has 0 bridgehead atoms. The molecule has 1 atom stereocenters. The van der Waals surface area contributed by atoms with Gasteiger partial charge in [-0.15, -0.1) is 0 Å². The van der Waals surface area contributed by atoms with Crippen molar-refractivity contribution in [2.45, 2.75) is 25.3 Å². The molecule has 0 spiro atoms. The lowest BCUT2D eigenvalue weighted by molar-refractivity contribution is -0.138. The van der Waals surface area contributed by atoms with E-state index >= 15 is 0 Å².